The molecule has 0 saturated carbocycles. The number of rotatable bonds is 0. The highest BCUT2D eigenvalue weighted by molar-refractivity contribution is 4.70. The fourth-order valence-corrected chi connectivity index (χ4v) is 0.262. The second kappa shape index (κ2) is 0.954. The molecule has 1 aliphatic rings. The predicted molar refractivity (Wildman–Crippen MR) is 17.3 cm³/mol. The Morgan fingerprint density at radius 1 is 1.60 bits per heavy atom. The lowest BCUT2D eigenvalue weighted by atomic mass is 10.2. The molecule has 1 radical (unpaired) electrons. The van der Waals surface area contributed by atoms with Gasteiger partial charge in [-0.05, 0) is 0 Å². The van der Waals surface area contributed by atoms with E-state index in [1.807, 2.05) is 0 Å². The lowest BCUT2D eigenvalue weighted by Gasteiger charge is -2.17. The molecule has 0 amide bonds. The Bertz CT molecular complexity index is 33.9. The van der Waals surface area contributed by atoms with E-state index in [4.69, 9.17) is 0 Å². The average molecular weight is 72.1 g/mol. The molecule has 1 N–H and O–H groups in total. The predicted octanol–water partition coefficient (Wildman–Crippen LogP) is -0.611. The van der Waals surface area contributed by atoms with Gasteiger partial charge in [-0.3, -0.25) is 0 Å². The molecule has 0 spiro atoms. The second-order valence-electron chi connectivity index (χ2n) is 1.28. The zero-order valence-corrected chi connectivity index (χ0v) is 2.90. The fourth-order valence-electron chi connectivity index (χ4n) is 0.262. The third-order valence-corrected chi connectivity index (χ3v) is 0.744. The minimum atomic E-state index is -0.296. The first-order chi connectivity index (χ1) is 2.39. The third-order valence-electron chi connectivity index (χ3n) is 0.744. The topological polar surface area (TPSA) is 31.9 Å². The van der Waals surface area contributed by atoms with Crippen molar-refractivity contribution in [2.45, 2.75) is 6.10 Å². The smallest absolute Gasteiger partial charge is 0.118 e. The van der Waals surface area contributed by atoms with Crippen molar-refractivity contribution in [2.24, 2.45) is 0 Å². The molecule has 0 aromatic heterocycles. The van der Waals surface area contributed by atoms with E-state index in [2.05, 4.69) is 5.32 Å². The highest BCUT2D eigenvalue weighted by atomic mass is 16.3. The zero-order valence-electron chi connectivity index (χ0n) is 2.90. The Balaban J connectivity index is 2.08. The summed E-state index contributed by atoms with van der Waals surface area (Å²) in [6, 6.07) is 0. The standard InChI is InChI=1S/C3H6NO/c5-3-1-4-2-3/h3-4H,1-2H2. The number of nitrogens with one attached hydrogen (secondary N) is 1. The van der Waals surface area contributed by atoms with E-state index in [0.717, 1.165) is 0 Å². The van der Waals surface area contributed by atoms with Gasteiger partial charge in [-0.15, -0.1) is 0 Å². The molecule has 0 bridgehead atoms. The maximum atomic E-state index is 9.92. The quantitative estimate of drug-likeness (QED) is 0.406. The van der Waals surface area contributed by atoms with Crippen molar-refractivity contribution in [3.63, 3.8) is 0 Å². The molecule has 2 nitrogen and oxygen atoms in total. The van der Waals surface area contributed by atoms with Gasteiger partial charge in [0.2, 0.25) is 0 Å². The highest BCUT2D eigenvalue weighted by Crippen LogP contribution is 1.86. The van der Waals surface area contributed by atoms with Crippen LogP contribution in [-0.4, -0.2) is 19.2 Å². The number of hydrogen-bond acceptors (Lipinski definition) is 1. The Hall–Kier alpha value is -0.0800. The van der Waals surface area contributed by atoms with Crippen LogP contribution in [0.5, 0.6) is 0 Å². The van der Waals surface area contributed by atoms with Crippen molar-refractivity contribution in [1.29, 1.82) is 0 Å². The summed E-state index contributed by atoms with van der Waals surface area (Å²) in [6.07, 6.45) is -0.296. The van der Waals surface area contributed by atoms with E-state index in [9.17, 15) is 5.11 Å². The van der Waals surface area contributed by atoms with Crippen LogP contribution in [0.2, 0.25) is 0 Å². The Labute approximate surface area is 30.8 Å². The van der Waals surface area contributed by atoms with Gasteiger partial charge in [-0.25, -0.2) is 5.11 Å². The monoisotopic (exact) mass is 72.0 g/mol. The minimum absolute atomic E-state index is 0.296. The lowest BCUT2D eigenvalue weighted by Crippen LogP contribution is -2.45. The maximum Gasteiger partial charge on any atom is 0.118 e. The first kappa shape index (κ1) is 3.12. The summed E-state index contributed by atoms with van der Waals surface area (Å²) in [4.78, 5) is 0. The Morgan fingerprint density at radius 2 is 2.00 bits per heavy atom. The average Bonchev–Trinajstić information content (AvgIpc) is 1.30. The second-order valence-corrected chi connectivity index (χ2v) is 1.28. The molecule has 0 unspecified atom stereocenters. The van der Waals surface area contributed by atoms with Crippen LogP contribution < -0.4 is 5.32 Å². The van der Waals surface area contributed by atoms with Crippen molar-refractivity contribution in [2.75, 3.05) is 13.1 Å². The summed E-state index contributed by atoms with van der Waals surface area (Å²) < 4.78 is 0. The molecule has 1 saturated heterocycles. The van der Waals surface area contributed by atoms with Crippen LogP contribution in [0.15, 0.2) is 0 Å². The van der Waals surface area contributed by atoms with Gasteiger partial charge in [0.25, 0.3) is 0 Å². The van der Waals surface area contributed by atoms with Gasteiger partial charge in [0, 0.05) is 13.1 Å². The van der Waals surface area contributed by atoms with Gasteiger partial charge < -0.3 is 5.32 Å². The van der Waals surface area contributed by atoms with Crippen LogP contribution in [0.1, 0.15) is 0 Å². The normalized spacial score (nSPS) is 25.8. The van der Waals surface area contributed by atoms with Crippen LogP contribution in [0.4, 0.5) is 0 Å². The molecule has 1 heterocycles. The largest absolute Gasteiger partial charge is 0.311 e. The summed E-state index contributed by atoms with van der Waals surface area (Å²) in [5.41, 5.74) is 0. The van der Waals surface area contributed by atoms with E-state index in [0.29, 0.717) is 13.1 Å². The molecule has 1 fully saturated rings. The first-order valence-corrected chi connectivity index (χ1v) is 1.76. The van der Waals surface area contributed by atoms with Gasteiger partial charge >= 0.3 is 0 Å². The molecule has 1 rings (SSSR count). The highest BCUT2D eigenvalue weighted by Gasteiger charge is 2.12. The molecule has 0 aromatic rings. The van der Waals surface area contributed by atoms with Crippen molar-refractivity contribution in [1.82, 2.24) is 5.32 Å². The van der Waals surface area contributed by atoms with E-state index in [1.54, 1.807) is 0 Å². The van der Waals surface area contributed by atoms with Gasteiger partial charge in [-0.2, -0.15) is 0 Å². The molecule has 0 aliphatic carbocycles. The third kappa shape index (κ3) is 0.412. The van der Waals surface area contributed by atoms with Crippen LogP contribution in [0.25, 0.3) is 0 Å². The lowest BCUT2D eigenvalue weighted by molar-refractivity contribution is 0.0449. The number of hydrogen-bond donors (Lipinski definition) is 1. The molecule has 0 atom stereocenters. The molecule has 2 heteroatoms. The van der Waals surface area contributed by atoms with Crippen molar-refractivity contribution < 1.29 is 5.11 Å². The summed E-state index contributed by atoms with van der Waals surface area (Å²) in [5, 5.41) is 12.8. The summed E-state index contributed by atoms with van der Waals surface area (Å²) in [7, 11) is 0. The van der Waals surface area contributed by atoms with Crippen LogP contribution in [-0.2, 0) is 5.11 Å². The maximum absolute atomic E-state index is 9.92. The minimum Gasteiger partial charge on any atom is -0.311 e. The molecule has 29 valence electrons. The van der Waals surface area contributed by atoms with E-state index in [1.165, 1.54) is 0 Å². The van der Waals surface area contributed by atoms with Crippen LogP contribution >= 0.6 is 0 Å². The van der Waals surface area contributed by atoms with Gasteiger partial charge in [0.1, 0.15) is 6.10 Å². The Morgan fingerprint density at radius 3 is 2.00 bits per heavy atom. The van der Waals surface area contributed by atoms with E-state index < -0.39 is 0 Å². The van der Waals surface area contributed by atoms with E-state index >= 15 is 0 Å². The molecular formula is C3H6NO. The van der Waals surface area contributed by atoms with Crippen molar-refractivity contribution in [3.8, 4) is 0 Å². The summed E-state index contributed by atoms with van der Waals surface area (Å²) in [5.74, 6) is 0. The van der Waals surface area contributed by atoms with Gasteiger partial charge in [0.05, 0.1) is 0 Å². The van der Waals surface area contributed by atoms with Crippen molar-refractivity contribution >= 4 is 0 Å². The first-order valence-electron chi connectivity index (χ1n) is 1.76. The van der Waals surface area contributed by atoms with E-state index in [-0.39, 0.29) is 6.10 Å². The fraction of sp³-hybridized carbons (Fsp3) is 1.00. The van der Waals surface area contributed by atoms with Crippen LogP contribution in [0, 0.1) is 0 Å². The molecule has 1 aliphatic heterocycles. The molecular weight excluding hydrogens is 66.0 g/mol. The zero-order chi connectivity index (χ0) is 3.70. The SMILES string of the molecule is [O]C1CNC1. The summed E-state index contributed by atoms with van der Waals surface area (Å²) >= 11 is 0. The van der Waals surface area contributed by atoms with Crippen molar-refractivity contribution in [3.05, 3.63) is 0 Å². The molecule has 5 heavy (non-hydrogen) atoms. The Kier molecular flexibility index (Phi) is 0.596. The van der Waals surface area contributed by atoms with Crippen LogP contribution in [0.3, 0.4) is 0 Å². The van der Waals surface area contributed by atoms with Gasteiger partial charge in [0.15, 0.2) is 0 Å². The molecule has 0 aromatic carbocycles. The summed E-state index contributed by atoms with van der Waals surface area (Å²) in [6.45, 7) is 1.36. The van der Waals surface area contributed by atoms with Gasteiger partial charge in [-0.1, -0.05) is 0 Å².